The molecule has 1 atom stereocenters. The van der Waals surface area contributed by atoms with Gasteiger partial charge in [-0.2, -0.15) is 8.78 Å². The lowest BCUT2D eigenvalue weighted by atomic mass is 10.1. The van der Waals surface area contributed by atoms with Gasteiger partial charge in [-0.25, -0.2) is 8.78 Å². The molecule has 0 bridgehead atoms. The van der Waals surface area contributed by atoms with Crippen LogP contribution in [0, 0.1) is 0 Å². The summed E-state index contributed by atoms with van der Waals surface area (Å²) < 4.78 is 60.6. The molecule has 1 aromatic carbocycles. The largest absolute Gasteiger partial charge is 0.496 e. The summed E-state index contributed by atoms with van der Waals surface area (Å²) in [6, 6.07) is 3.49. The van der Waals surface area contributed by atoms with E-state index in [2.05, 4.69) is 5.32 Å². The van der Waals surface area contributed by atoms with Gasteiger partial charge in [0.05, 0.1) is 13.7 Å². The molecular formula is C14H17F4NO2. The fraction of sp³-hybridized carbons (Fsp3) is 0.571. The van der Waals surface area contributed by atoms with E-state index in [0.29, 0.717) is 17.1 Å². The SMILES string of the molecule is COc1cc2c(cc1CNCC(F)(F)C(F)F)OC(C)C2. The average Bonchev–Trinajstić information content (AvgIpc) is 2.76. The van der Waals surface area contributed by atoms with Gasteiger partial charge in [0.1, 0.15) is 17.6 Å². The quantitative estimate of drug-likeness (QED) is 0.820. The normalized spacial score (nSPS) is 17.8. The summed E-state index contributed by atoms with van der Waals surface area (Å²) in [5, 5.41) is 2.33. The maximum atomic E-state index is 12.8. The number of fused-ring (bicyclic) bond motifs is 1. The molecule has 1 unspecified atom stereocenters. The smallest absolute Gasteiger partial charge is 0.319 e. The molecule has 0 radical (unpaired) electrons. The first kappa shape index (κ1) is 15.9. The van der Waals surface area contributed by atoms with E-state index in [-0.39, 0.29) is 12.6 Å². The van der Waals surface area contributed by atoms with Gasteiger partial charge in [0.15, 0.2) is 0 Å². The Labute approximate surface area is 120 Å². The van der Waals surface area contributed by atoms with Crippen molar-refractivity contribution in [2.75, 3.05) is 13.7 Å². The van der Waals surface area contributed by atoms with Crippen LogP contribution in [0.5, 0.6) is 11.5 Å². The molecule has 0 aliphatic carbocycles. The van der Waals surface area contributed by atoms with Crippen LogP contribution in [-0.4, -0.2) is 32.1 Å². The van der Waals surface area contributed by atoms with Gasteiger partial charge >= 0.3 is 12.3 Å². The Bertz CT molecular complexity index is 508. The van der Waals surface area contributed by atoms with Crippen molar-refractivity contribution in [1.29, 1.82) is 0 Å². The fourth-order valence-corrected chi connectivity index (χ4v) is 2.25. The molecule has 0 saturated heterocycles. The van der Waals surface area contributed by atoms with Crippen molar-refractivity contribution in [3.63, 3.8) is 0 Å². The van der Waals surface area contributed by atoms with E-state index in [4.69, 9.17) is 9.47 Å². The number of hydrogen-bond donors (Lipinski definition) is 1. The number of rotatable bonds is 6. The molecule has 0 saturated carbocycles. The second-order valence-electron chi connectivity index (χ2n) is 5.07. The van der Waals surface area contributed by atoms with Crippen LogP contribution < -0.4 is 14.8 Å². The number of benzene rings is 1. The van der Waals surface area contributed by atoms with Crippen LogP contribution in [0.4, 0.5) is 17.6 Å². The van der Waals surface area contributed by atoms with Gasteiger partial charge in [0.2, 0.25) is 0 Å². The number of hydrogen-bond acceptors (Lipinski definition) is 3. The second-order valence-corrected chi connectivity index (χ2v) is 5.07. The molecule has 21 heavy (non-hydrogen) atoms. The average molecular weight is 307 g/mol. The first-order valence-corrected chi connectivity index (χ1v) is 6.56. The van der Waals surface area contributed by atoms with Gasteiger partial charge in [0.25, 0.3) is 0 Å². The van der Waals surface area contributed by atoms with E-state index in [0.717, 1.165) is 12.0 Å². The zero-order valence-electron chi connectivity index (χ0n) is 11.8. The molecule has 1 N–H and O–H groups in total. The summed E-state index contributed by atoms with van der Waals surface area (Å²) in [5.74, 6) is -2.84. The Morgan fingerprint density at radius 3 is 2.76 bits per heavy atom. The first-order valence-electron chi connectivity index (χ1n) is 6.56. The second kappa shape index (κ2) is 6.09. The highest BCUT2D eigenvalue weighted by molar-refractivity contribution is 5.48. The van der Waals surface area contributed by atoms with E-state index in [9.17, 15) is 17.6 Å². The molecule has 7 heteroatoms. The molecule has 1 heterocycles. The number of nitrogens with one attached hydrogen (secondary N) is 1. The van der Waals surface area contributed by atoms with Crippen LogP contribution in [0.1, 0.15) is 18.1 Å². The minimum absolute atomic E-state index is 0.00347. The predicted octanol–water partition coefficient (Wildman–Crippen LogP) is 3.01. The summed E-state index contributed by atoms with van der Waals surface area (Å²) in [6.07, 6.45) is -2.88. The number of alkyl halides is 4. The molecule has 0 amide bonds. The Kier molecular flexibility index (Phi) is 4.61. The standard InChI is InChI=1S/C14H17F4NO2/c1-8-3-9-4-11(20-2)10(5-12(9)21-8)6-19-7-14(17,18)13(15)16/h4-5,8,13,19H,3,6-7H2,1-2H3. The third kappa shape index (κ3) is 3.58. The highest BCUT2D eigenvalue weighted by Crippen LogP contribution is 2.35. The van der Waals surface area contributed by atoms with Crippen molar-refractivity contribution in [3.05, 3.63) is 23.3 Å². The lowest BCUT2D eigenvalue weighted by Crippen LogP contribution is -2.38. The number of halogens is 4. The van der Waals surface area contributed by atoms with Crippen molar-refractivity contribution >= 4 is 0 Å². The Morgan fingerprint density at radius 2 is 2.14 bits per heavy atom. The van der Waals surface area contributed by atoms with Gasteiger partial charge < -0.3 is 14.8 Å². The molecular weight excluding hydrogens is 290 g/mol. The molecule has 1 aliphatic rings. The number of ether oxygens (including phenoxy) is 2. The van der Waals surface area contributed by atoms with E-state index in [1.54, 1.807) is 12.1 Å². The maximum absolute atomic E-state index is 12.8. The maximum Gasteiger partial charge on any atom is 0.319 e. The van der Waals surface area contributed by atoms with Crippen molar-refractivity contribution < 1.29 is 27.0 Å². The Balaban J connectivity index is 2.05. The van der Waals surface area contributed by atoms with Gasteiger partial charge in [-0.05, 0) is 19.1 Å². The van der Waals surface area contributed by atoms with Gasteiger partial charge in [-0.1, -0.05) is 0 Å². The van der Waals surface area contributed by atoms with E-state index < -0.39 is 18.9 Å². The topological polar surface area (TPSA) is 30.5 Å². The molecule has 3 nitrogen and oxygen atoms in total. The first-order chi connectivity index (χ1) is 9.83. The summed E-state index contributed by atoms with van der Waals surface area (Å²) in [6.45, 7) is 0.826. The van der Waals surface area contributed by atoms with Crippen LogP contribution in [0.15, 0.2) is 12.1 Å². The van der Waals surface area contributed by atoms with Crippen LogP contribution in [0.3, 0.4) is 0 Å². The third-order valence-electron chi connectivity index (χ3n) is 3.29. The summed E-state index contributed by atoms with van der Waals surface area (Å²) in [4.78, 5) is 0. The monoisotopic (exact) mass is 307 g/mol. The van der Waals surface area contributed by atoms with E-state index in [1.807, 2.05) is 6.92 Å². The van der Waals surface area contributed by atoms with Crippen LogP contribution in [-0.2, 0) is 13.0 Å². The minimum atomic E-state index is -4.05. The molecule has 0 spiro atoms. The Hall–Kier alpha value is -1.50. The zero-order chi connectivity index (χ0) is 15.6. The highest BCUT2D eigenvalue weighted by atomic mass is 19.3. The fourth-order valence-electron chi connectivity index (χ4n) is 2.25. The lowest BCUT2D eigenvalue weighted by molar-refractivity contribution is -0.125. The van der Waals surface area contributed by atoms with Gasteiger partial charge in [0, 0.05) is 24.1 Å². The number of methoxy groups -OCH3 is 1. The van der Waals surface area contributed by atoms with Gasteiger partial charge in [-0.3, -0.25) is 0 Å². The van der Waals surface area contributed by atoms with Crippen LogP contribution in [0.25, 0.3) is 0 Å². The van der Waals surface area contributed by atoms with Crippen molar-refractivity contribution in [2.45, 2.75) is 38.3 Å². The molecule has 1 aliphatic heterocycles. The summed E-state index contributed by atoms with van der Waals surface area (Å²) in [7, 11) is 1.47. The lowest BCUT2D eigenvalue weighted by Gasteiger charge is -2.17. The Morgan fingerprint density at radius 1 is 1.43 bits per heavy atom. The molecule has 0 fully saturated rings. The van der Waals surface area contributed by atoms with Crippen LogP contribution >= 0.6 is 0 Å². The third-order valence-corrected chi connectivity index (χ3v) is 3.29. The van der Waals surface area contributed by atoms with Crippen LogP contribution in [0.2, 0.25) is 0 Å². The summed E-state index contributed by atoms with van der Waals surface area (Å²) in [5.41, 5.74) is 1.58. The van der Waals surface area contributed by atoms with Crippen molar-refractivity contribution in [2.24, 2.45) is 0 Å². The summed E-state index contributed by atoms with van der Waals surface area (Å²) >= 11 is 0. The van der Waals surface area contributed by atoms with Gasteiger partial charge in [-0.15, -0.1) is 0 Å². The highest BCUT2D eigenvalue weighted by Gasteiger charge is 2.40. The van der Waals surface area contributed by atoms with E-state index in [1.165, 1.54) is 7.11 Å². The molecule has 0 aromatic heterocycles. The molecule has 118 valence electrons. The molecule has 2 rings (SSSR count). The van der Waals surface area contributed by atoms with E-state index >= 15 is 0 Å². The minimum Gasteiger partial charge on any atom is -0.496 e. The van der Waals surface area contributed by atoms with Crippen molar-refractivity contribution in [3.8, 4) is 11.5 Å². The zero-order valence-corrected chi connectivity index (χ0v) is 11.8. The molecule has 1 aromatic rings. The predicted molar refractivity (Wildman–Crippen MR) is 69.4 cm³/mol. The van der Waals surface area contributed by atoms with Crippen molar-refractivity contribution in [1.82, 2.24) is 5.32 Å².